The Labute approximate surface area is 151 Å². The maximum Gasteiger partial charge on any atom is 0.241 e. The molecular formula is C21H29N3O. The second kappa shape index (κ2) is 9.35. The van der Waals surface area contributed by atoms with E-state index in [0.29, 0.717) is 6.54 Å². The molecule has 1 amide bonds. The van der Waals surface area contributed by atoms with Crippen LogP contribution in [0.5, 0.6) is 0 Å². The number of carbonyl (C=O) groups excluding carboxylic acids is 1. The van der Waals surface area contributed by atoms with Crippen molar-refractivity contribution < 1.29 is 4.79 Å². The summed E-state index contributed by atoms with van der Waals surface area (Å²) in [5.41, 5.74) is 9.32. The lowest BCUT2D eigenvalue weighted by molar-refractivity contribution is -0.122. The van der Waals surface area contributed by atoms with Crippen molar-refractivity contribution in [1.29, 1.82) is 0 Å². The standard InChI is InChI=1S/C21H29N3O/c1-4-24(5-2)19(17-9-7-6-8-10-17)15-23-21(25)20(22)18-13-11-16(3)12-14-18/h6-14,19-20H,4-5,15,22H2,1-3H3,(H,23,25). The lowest BCUT2D eigenvalue weighted by Gasteiger charge is -2.30. The van der Waals surface area contributed by atoms with Gasteiger partial charge in [0, 0.05) is 6.54 Å². The van der Waals surface area contributed by atoms with Crippen molar-refractivity contribution in [3.63, 3.8) is 0 Å². The van der Waals surface area contributed by atoms with Gasteiger partial charge in [-0.1, -0.05) is 74.0 Å². The number of aryl methyl sites for hydroxylation is 1. The number of hydrogen-bond acceptors (Lipinski definition) is 3. The van der Waals surface area contributed by atoms with Gasteiger partial charge in [0.15, 0.2) is 0 Å². The number of likely N-dealkylation sites (N-methyl/N-ethyl adjacent to an activating group) is 1. The van der Waals surface area contributed by atoms with Gasteiger partial charge in [-0.05, 0) is 31.1 Å². The summed E-state index contributed by atoms with van der Waals surface area (Å²) in [6, 6.07) is 17.6. The molecule has 25 heavy (non-hydrogen) atoms. The lowest BCUT2D eigenvalue weighted by Crippen LogP contribution is -2.41. The molecule has 0 spiro atoms. The Balaban J connectivity index is 2.06. The number of nitrogens with one attached hydrogen (secondary N) is 1. The fourth-order valence-electron chi connectivity index (χ4n) is 3.03. The summed E-state index contributed by atoms with van der Waals surface area (Å²) < 4.78 is 0. The molecule has 0 aliphatic heterocycles. The van der Waals surface area contributed by atoms with Gasteiger partial charge in [-0.2, -0.15) is 0 Å². The first-order valence-corrected chi connectivity index (χ1v) is 8.95. The molecule has 0 saturated heterocycles. The van der Waals surface area contributed by atoms with E-state index in [1.54, 1.807) is 0 Å². The first kappa shape index (κ1) is 19.2. The highest BCUT2D eigenvalue weighted by molar-refractivity contribution is 5.82. The number of amides is 1. The van der Waals surface area contributed by atoms with Crippen LogP contribution >= 0.6 is 0 Å². The molecule has 0 aliphatic rings. The minimum Gasteiger partial charge on any atom is -0.353 e. The van der Waals surface area contributed by atoms with Crippen LogP contribution in [0.2, 0.25) is 0 Å². The van der Waals surface area contributed by atoms with Gasteiger partial charge >= 0.3 is 0 Å². The average molecular weight is 339 g/mol. The van der Waals surface area contributed by atoms with Crippen molar-refractivity contribution >= 4 is 5.91 Å². The summed E-state index contributed by atoms with van der Waals surface area (Å²) in [5, 5.41) is 3.04. The fraction of sp³-hybridized carbons (Fsp3) is 0.381. The SMILES string of the molecule is CCN(CC)C(CNC(=O)C(N)c1ccc(C)cc1)c1ccccc1. The van der Waals surface area contributed by atoms with Gasteiger partial charge in [0.05, 0.1) is 6.04 Å². The Kier molecular flexibility index (Phi) is 7.16. The van der Waals surface area contributed by atoms with Crippen LogP contribution in [-0.4, -0.2) is 30.4 Å². The predicted octanol–water partition coefficient (Wildman–Crippen LogP) is 3.19. The van der Waals surface area contributed by atoms with Crippen molar-refractivity contribution in [2.75, 3.05) is 19.6 Å². The van der Waals surface area contributed by atoms with E-state index in [1.807, 2.05) is 49.4 Å². The first-order chi connectivity index (χ1) is 12.1. The Morgan fingerprint density at radius 3 is 2.16 bits per heavy atom. The number of hydrogen-bond donors (Lipinski definition) is 2. The van der Waals surface area contributed by atoms with Crippen LogP contribution in [0, 0.1) is 6.92 Å². The fourth-order valence-corrected chi connectivity index (χ4v) is 3.03. The highest BCUT2D eigenvalue weighted by Crippen LogP contribution is 2.20. The third-order valence-electron chi connectivity index (χ3n) is 4.63. The zero-order valence-electron chi connectivity index (χ0n) is 15.4. The minimum atomic E-state index is -0.645. The molecule has 134 valence electrons. The zero-order valence-corrected chi connectivity index (χ0v) is 15.4. The van der Waals surface area contributed by atoms with Crippen LogP contribution in [0.25, 0.3) is 0 Å². The first-order valence-electron chi connectivity index (χ1n) is 8.95. The molecule has 3 N–H and O–H groups in total. The molecule has 0 saturated carbocycles. The quantitative estimate of drug-likeness (QED) is 0.776. The summed E-state index contributed by atoms with van der Waals surface area (Å²) in [6.45, 7) is 8.69. The molecule has 0 bridgehead atoms. The maximum atomic E-state index is 12.5. The highest BCUT2D eigenvalue weighted by atomic mass is 16.2. The molecule has 4 nitrogen and oxygen atoms in total. The van der Waals surface area contributed by atoms with Crippen LogP contribution in [0.1, 0.15) is 42.6 Å². The molecule has 2 unspecified atom stereocenters. The molecule has 0 radical (unpaired) electrons. The van der Waals surface area contributed by atoms with Gasteiger partial charge in [-0.25, -0.2) is 0 Å². The van der Waals surface area contributed by atoms with Crippen LogP contribution in [0.3, 0.4) is 0 Å². The Hall–Kier alpha value is -2.17. The second-order valence-electron chi connectivity index (χ2n) is 6.28. The number of nitrogens with two attached hydrogens (primary N) is 1. The van der Waals surface area contributed by atoms with Gasteiger partial charge in [-0.15, -0.1) is 0 Å². The van der Waals surface area contributed by atoms with E-state index in [4.69, 9.17) is 5.73 Å². The monoisotopic (exact) mass is 339 g/mol. The summed E-state index contributed by atoms with van der Waals surface area (Å²) in [6.07, 6.45) is 0. The van der Waals surface area contributed by atoms with E-state index < -0.39 is 6.04 Å². The van der Waals surface area contributed by atoms with Crippen molar-refractivity contribution in [2.24, 2.45) is 5.73 Å². The maximum absolute atomic E-state index is 12.5. The predicted molar refractivity (Wildman–Crippen MR) is 103 cm³/mol. The molecule has 0 aliphatic carbocycles. The van der Waals surface area contributed by atoms with E-state index in [9.17, 15) is 4.79 Å². The molecule has 0 heterocycles. The third-order valence-corrected chi connectivity index (χ3v) is 4.63. The molecular weight excluding hydrogens is 310 g/mol. The lowest BCUT2D eigenvalue weighted by atomic mass is 10.0. The molecule has 4 heteroatoms. The Morgan fingerprint density at radius 1 is 1.00 bits per heavy atom. The van der Waals surface area contributed by atoms with Gasteiger partial charge in [0.2, 0.25) is 5.91 Å². The third kappa shape index (κ3) is 5.15. The number of nitrogens with zero attached hydrogens (tertiary/aromatic N) is 1. The van der Waals surface area contributed by atoms with Crippen molar-refractivity contribution in [1.82, 2.24) is 10.2 Å². The summed E-state index contributed by atoms with van der Waals surface area (Å²) in [5.74, 6) is -0.142. The minimum absolute atomic E-state index is 0.142. The van der Waals surface area contributed by atoms with Crippen molar-refractivity contribution in [3.05, 3.63) is 71.3 Å². The molecule has 2 rings (SSSR count). The highest BCUT2D eigenvalue weighted by Gasteiger charge is 2.21. The zero-order chi connectivity index (χ0) is 18.2. The molecule has 2 aromatic rings. The van der Waals surface area contributed by atoms with Gasteiger partial charge in [0.1, 0.15) is 6.04 Å². The average Bonchev–Trinajstić information content (AvgIpc) is 2.65. The van der Waals surface area contributed by atoms with E-state index >= 15 is 0 Å². The Morgan fingerprint density at radius 2 is 1.60 bits per heavy atom. The molecule has 2 atom stereocenters. The summed E-state index contributed by atoms with van der Waals surface area (Å²) in [7, 11) is 0. The summed E-state index contributed by atoms with van der Waals surface area (Å²) >= 11 is 0. The number of benzene rings is 2. The molecule has 0 fully saturated rings. The van der Waals surface area contributed by atoms with Crippen LogP contribution in [-0.2, 0) is 4.79 Å². The number of rotatable bonds is 8. The van der Waals surface area contributed by atoms with Gasteiger partial charge in [0.25, 0.3) is 0 Å². The van der Waals surface area contributed by atoms with E-state index in [1.165, 1.54) is 5.56 Å². The largest absolute Gasteiger partial charge is 0.353 e. The molecule has 2 aromatic carbocycles. The summed E-state index contributed by atoms with van der Waals surface area (Å²) in [4.78, 5) is 14.8. The van der Waals surface area contributed by atoms with Crippen molar-refractivity contribution in [3.8, 4) is 0 Å². The molecule has 0 aromatic heterocycles. The Bertz CT molecular complexity index is 651. The van der Waals surface area contributed by atoms with Gasteiger partial charge < -0.3 is 11.1 Å². The van der Waals surface area contributed by atoms with E-state index in [-0.39, 0.29) is 11.9 Å². The number of carbonyl (C=O) groups is 1. The normalized spacial score (nSPS) is 13.5. The van der Waals surface area contributed by atoms with Crippen LogP contribution < -0.4 is 11.1 Å². The van der Waals surface area contributed by atoms with Crippen LogP contribution in [0.4, 0.5) is 0 Å². The topological polar surface area (TPSA) is 58.4 Å². The van der Waals surface area contributed by atoms with Gasteiger partial charge in [-0.3, -0.25) is 9.69 Å². The van der Waals surface area contributed by atoms with Crippen LogP contribution in [0.15, 0.2) is 54.6 Å². The van der Waals surface area contributed by atoms with E-state index in [0.717, 1.165) is 24.2 Å². The smallest absolute Gasteiger partial charge is 0.241 e. The van der Waals surface area contributed by atoms with E-state index in [2.05, 4.69) is 36.2 Å². The van der Waals surface area contributed by atoms with Crippen molar-refractivity contribution in [2.45, 2.75) is 32.9 Å². The second-order valence-corrected chi connectivity index (χ2v) is 6.28.